The molecule has 1 saturated heterocycles. The predicted molar refractivity (Wildman–Crippen MR) is 82.8 cm³/mol. The summed E-state index contributed by atoms with van der Waals surface area (Å²) < 4.78 is 4.91. The third-order valence-electron chi connectivity index (χ3n) is 4.02. The number of rotatable bonds is 4. The van der Waals surface area contributed by atoms with Crippen LogP contribution in [0.15, 0.2) is 29.4 Å². The normalized spacial score (nSPS) is 22.7. The number of carbonyl (C=O) groups is 3. The fourth-order valence-corrected chi connectivity index (χ4v) is 2.93. The first-order valence-electron chi connectivity index (χ1n) is 7.56. The number of benzene rings is 1. The molecule has 1 aromatic rings. The molecular formula is C16H17N3O4. The summed E-state index contributed by atoms with van der Waals surface area (Å²) in [6, 6.07) is 6.40. The molecule has 23 heavy (non-hydrogen) atoms. The Hall–Kier alpha value is -2.70. The highest BCUT2D eigenvalue weighted by Gasteiger charge is 2.56. The molecule has 0 saturated carbocycles. The minimum atomic E-state index is -0.925. The summed E-state index contributed by atoms with van der Waals surface area (Å²) in [6.45, 7) is 3.80. The number of fused-ring (bicyclic) bond motifs is 1. The van der Waals surface area contributed by atoms with Crippen molar-refractivity contribution in [3.63, 3.8) is 0 Å². The van der Waals surface area contributed by atoms with E-state index in [-0.39, 0.29) is 12.3 Å². The minimum Gasteiger partial charge on any atom is -0.461 e. The zero-order valence-electron chi connectivity index (χ0n) is 12.9. The molecule has 7 heteroatoms. The van der Waals surface area contributed by atoms with E-state index >= 15 is 0 Å². The maximum absolute atomic E-state index is 12.8. The smallest absolute Gasteiger partial charge is 0.355 e. The summed E-state index contributed by atoms with van der Waals surface area (Å²) in [6.07, 6.45) is 0.689. The van der Waals surface area contributed by atoms with Gasteiger partial charge in [0.1, 0.15) is 12.0 Å². The average molecular weight is 315 g/mol. The van der Waals surface area contributed by atoms with Crippen molar-refractivity contribution in [2.75, 3.05) is 11.5 Å². The van der Waals surface area contributed by atoms with Crippen LogP contribution in [0.2, 0.25) is 0 Å². The van der Waals surface area contributed by atoms with Gasteiger partial charge < -0.3 is 4.74 Å². The molecule has 1 N–H and O–H groups in total. The molecule has 0 radical (unpaired) electrons. The van der Waals surface area contributed by atoms with Gasteiger partial charge >= 0.3 is 5.97 Å². The molecule has 0 aliphatic carbocycles. The Bertz CT molecular complexity index is 713. The van der Waals surface area contributed by atoms with Crippen LogP contribution in [-0.2, 0) is 25.5 Å². The molecule has 0 unspecified atom stereocenters. The molecule has 1 aromatic carbocycles. The van der Waals surface area contributed by atoms with Gasteiger partial charge in [0, 0.05) is 0 Å². The number of esters is 1. The van der Waals surface area contributed by atoms with Gasteiger partial charge in [0.15, 0.2) is 5.71 Å². The van der Waals surface area contributed by atoms with Crippen molar-refractivity contribution in [1.82, 2.24) is 5.43 Å². The second-order valence-corrected chi connectivity index (χ2v) is 5.30. The quantitative estimate of drug-likeness (QED) is 0.650. The van der Waals surface area contributed by atoms with Crippen LogP contribution >= 0.6 is 0 Å². The first-order chi connectivity index (χ1) is 11.1. The van der Waals surface area contributed by atoms with Crippen molar-refractivity contribution < 1.29 is 19.1 Å². The standard InChI is InChI=1S/C16H17N3O4/c1-3-9-7-5-6-8-10(9)19-14(20)11-12(15(19)21)17-18-13(11)16(22)23-4-2/h5-8,11-12,17H,3-4H2,1-2H3/t11-,12+/m0/s1. The van der Waals surface area contributed by atoms with E-state index in [1.165, 1.54) is 0 Å². The number of hydrazone groups is 1. The van der Waals surface area contributed by atoms with Crippen molar-refractivity contribution in [3.8, 4) is 0 Å². The van der Waals surface area contributed by atoms with E-state index in [0.29, 0.717) is 12.1 Å². The molecule has 2 amide bonds. The number of imide groups is 1. The van der Waals surface area contributed by atoms with Crippen LogP contribution in [-0.4, -0.2) is 36.1 Å². The van der Waals surface area contributed by atoms with E-state index in [1.807, 2.05) is 19.1 Å². The van der Waals surface area contributed by atoms with Gasteiger partial charge in [-0.15, -0.1) is 0 Å². The topological polar surface area (TPSA) is 88.1 Å². The molecule has 2 heterocycles. The number of para-hydroxylation sites is 1. The largest absolute Gasteiger partial charge is 0.461 e. The Morgan fingerprint density at radius 1 is 1.26 bits per heavy atom. The molecule has 1 fully saturated rings. The minimum absolute atomic E-state index is 0.0355. The first kappa shape index (κ1) is 15.2. The van der Waals surface area contributed by atoms with Crippen molar-refractivity contribution in [1.29, 1.82) is 0 Å². The Labute approximate surface area is 133 Å². The lowest BCUT2D eigenvalue weighted by Gasteiger charge is -2.18. The molecule has 7 nitrogen and oxygen atoms in total. The number of amides is 2. The predicted octanol–water partition coefficient (Wildman–Crippen LogP) is 0.629. The number of nitrogens with zero attached hydrogens (tertiary/aromatic N) is 2. The number of hydrogen-bond donors (Lipinski definition) is 1. The number of anilines is 1. The summed E-state index contributed by atoms with van der Waals surface area (Å²) in [7, 11) is 0. The van der Waals surface area contributed by atoms with Crippen molar-refractivity contribution in [2.24, 2.45) is 11.0 Å². The first-order valence-corrected chi connectivity index (χ1v) is 7.56. The molecule has 3 rings (SSSR count). The summed E-state index contributed by atoms with van der Waals surface area (Å²) in [4.78, 5) is 38.5. The third-order valence-corrected chi connectivity index (χ3v) is 4.02. The van der Waals surface area contributed by atoms with Gasteiger partial charge in [0.25, 0.3) is 5.91 Å². The van der Waals surface area contributed by atoms with Gasteiger partial charge in [-0.05, 0) is 25.0 Å². The number of nitrogens with one attached hydrogen (secondary N) is 1. The molecule has 2 aliphatic rings. The number of aryl methyl sites for hydroxylation is 1. The van der Waals surface area contributed by atoms with Crippen molar-refractivity contribution in [3.05, 3.63) is 29.8 Å². The summed E-state index contributed by atoms with van der Waals surface area (Å²) in [5, 5.41) is 3.83. The maximum Gasteiger partial charge on any atom is 0.355 e. The third kappa shape index (κ3) is 2.28. The highest BCUT2D eigenvalue weighted by Crippen LogP contribution is 2.32. The van der Waals surface area contributed by atoms with Gasteiger partial charge in [0.05, 0.1) is 12.3 Å². The zero-order valence-corrected chi connectivity index (χ0v) is 12.9. The fourth-order valence-electron chi connectivity index (χ4n) is 2.93. The Kier molecular flexibility index (Phi) is 3.85. The van der Waals surface area contributed by atoms with Gasteiger partial charge in [0.2, 0.25) is 5.91 Å². The van der Waals surface area contributed by atoms with Crippen molar-refractivity contribution in [2.45, 2.75) is 26.3 Å². The average Bonchev–Trinajstić information content (AvgIpc) is 3.09. The van der Waals surface area contributed by atoms with Crippen LogP contribution in [0.1, 0.15) is 19.4 Å². The highest BCUT2D eigenvalue weighted by molar-refractivity contribution is 6.46. The maximum atomic E-state index is 12.8. The van der Waals surface area contributed by atoms with Gasteiger partial charge in [-0.3, -0.25) is 15.0 Å². The van der Waals surface area contributed by atoms with Gasteiger partial charge in [-0.2, -0.15) is 5.10 Å². The van der Waals surface area contributed by atoms with Crippen LogP contribution in [0.4, 0.5) is 5.69 Å². The number of hydrogen-bond acceptors (Lipinski definition) is 6. The van der Waals surface area contributed by atoms with E-state index in [1.54, 1.807) is 19.1 Å². The molecule has 0 spiro atoms. The summed E-state index contributed by atoms with van der Waals surface area (Å²) >= 11 is 0. The van der Waals surface area contributed by atoms with E-state index < -0.39 is 29.7 Å². The lowest BCUT2D eigenvalue weighted by atomic mass is 9.99. The Balaban J connectivity index is 1.96. The molecule has 0 aromatic heterocycles. The molecular weight excluding hydrogens is 298 g/mol. The highest BCUT2D eigenvalue weighted by atomic mass is 16.5. The van der Waals surface area contributed by atoms with Crippen LogP contribution in [0.3, 0.4) is 0 Å². The fraction of sp³-hybridized carbons (Fsp3) is 0.375. The van der Waals surface area contributed by atoms with Gasteiger partial charge in [-0.1, -0.05) is 25.1 Å². The summed E-state index contributed by atoms with van der Waals surface area (Å²) in [5.41, 5.74) is 4.02. The molecule has 2 atom stereocenters. The van der Waals surface area contributed by atoms with Crippen molar-refractivity contribution >= 4 is 29.2 Å². The second-order valence-electron chi connectivity index (χ2n) is 5.30. The van der Waals surface area contributed by atoms with Crippen LogP contribution in [0, 0.1) is 5.92 Å². The van der Waals surface area contributed by atoms with E-state index in [2.05, 4.69) is 10.5 Å². The van der Waals surface area contributed by atoms with E-state index in [9.17, 15) is 14.4 Å². The summed E-state index contributed by atoms with van der Waals surface area (Å²) in [5.74, 6) is -2.44. The second kappa shape index (κ2) is 5.83. The lowest BCUT2D eigenvalue weighted by molar-refractivity contribution is -0.136. The molecule has 0 bridgehead atoms. The van der Waals surface area contributed by atoms with Gasteiger partial charge in [-0.25, -0.2) is 9.69 Å². The molecule has 120 valence electrons. The van der Waals surface area contributed by atoms with Crippen LogP contribution < -0.4 is 10.3 Å². The number of ether oxygens (including phenoxy) is 1. The lowest BCUT2D eigenvalue weighted by Crippen LogP contribution is -2.36. The van der Waals surface area contributed by atoms with Crippen LogP contribution in [0.5, 0.6) is 0 Å². The monoisotopic (exact) mass is 315 g/mol. The van der Waals surface area contributed by atoms with Crippen LogP contribution in [0.25, 0.3) is 0 Å². The Morgan fingerprint density at radius 3 is 2.70 bits per heavy atom. The molecule has 2 aliphatic heterocycles. The van der Waals surface area contributed by atoms with E-state index in [4.69, 9.17) is 4.74 Å². The number of carbonyl (C=O) groups excluding carboxylic acids is 3. The van der Waals surface area contributed by atoms with E-state index in [0.717, 1.165) is 10.5 Å². The SMILES string of the molecule is CCOC(=O)C1=NN[C@H]2C(=O)N(c3ccccc3CC)C(=O)[C@H]12. The zero-order chi connectivity index (χ0) is 16.6. The Morgan fingerprint density at radius 2 is 2.00 bits per heavy atom.